The summed E-state index contributed by atoms with van der Waals surface area (Å²) in [6.45, 7) is 4.52. The van der Waals surface area contributed by atoms with Gasteiger partial charge in [0.2, 0.25) is 0 Å². The molecule has 2 rings (SSSR count). The second kappa shape index (κ2) is 7.13. The molecule has 0 heteroatoms. The summed E-state index contributed by atoms with van der Waals surface area (Å²) >= 11 is 0. The molecule has 0 saturated heterocycles. The quantitative estimate of drug-likeness (QED) is 0.623. The molecule has 0 aliphatic heterocycles. The summed E-state index contributed by atoms with van der Waals surface area (Å²) < 4.78 is 0. The fourth-order valence-corrected chi connectivity index (χ4v) is 2.68. The van der Waals surface area contributed by atoms with Crippen molar-refractivity contribution in [2.75, 3.05) is 0 Å². The summed E-state index contributed by atoms with van der Waals surface area (Å²) in [5.41, 5.74) is 5.87. The van der Waals surface area contributed by atoms with Gasteiger partial charge in [-0.25, -0.2) is 0 Å². The van der Waals surface area contributed by atoms with E-state index in [2.05, 4.69) is 62.4 Å². The van der Waals surface area contributed by atoms with Crippen molar-refractivity contribution in [1.29, 1.82) is 0 Å². The van der Waals surface area contributed by atoms with Gasteiger partial charge in [0.05, 0.1) is 0 Å². The van der Waals surface area contributed by atoms with E-state index in [0.717, 1.165) is 0 Å². The lowest BCUT2D eigenvalue weighted by Gasteiger charge is -2.15. The van der Waals surface area contributed by atoms with Crippen molar-refractivity contribution in [3.05, 3.63) is 59.7 Å². The fraction of sp³-hybridized carbons (Fsp3) is 0.368. The van der Waals surface area contributed by atoms with Crippen LogP contribution in [0.5, 0.6) is 0 Å². The van der Waals surface area contributed by atoms with Crippen molar-refractivity contribution < 1.29 is 0 Å². The van der Waals surface area contributed by atoms with Gasteiger partial charge in [-0.15, -0.1) is 0 Å². The molecule has 0 spiro atoms. The molecule has 0 bridgehead atoms. The molecule has 0 amide bonds. The van der Waals surface area contributed by atoms with E-state index in [1.165, 1.54) is 54.4 Å². The lowest BCUT2D eigenvalue weighted by atomic mass is 9.90. The predicted octanol–water partition coefficient (Wildman–Crippen LogP) is 5.65. The Labute approximate surface area is 117 Å². The van der Waals surface area contributed by atoms with Gasteiger partial charge in [0.1, 0.15) is 0 Å². The first-order chi connectivity index (χ1) is 9.36. The van der Waals surface area contributed by atoms with Crippen molar-refractivity contribution >= 4 is 0 Å². The highest BCUT2D eigenvalue weighted by Crippen LogP contribution is 2.29. The van der Waals surface area contributed by atoms with Crippen LogP contribution in [-0.2, 0) is 12.8 Å². The number of hydrogen-bond donors (Lipinski definition) is 0. The molecule has 0 fully saturated rings. The SMILES string of the molecule is CCCCc1cccc(CCC)c1-c1ccccc1. The Morgan fingerprint density at radius 3 is 2.00 bits per heavy atom. The van der Waals surface area contributed by atoms with Crippen LogP contribution in [0.3, 0.4) is 0 Å². The third kappa shape index (κ3) is 3.47. The van der Waals surface area contributed by atoms with E-state index < -0.39 is 0 Å². The van der Waals surface area contributed by atoms with Gasteiger partial charge < -0.3 is 0 Å². The van der Waals surface area contributed by atoms with Crippen LogP contribution in [0.15, 0.2) is 48.5 Å². The lowest BCUT2D eigenvalue weighted by Crippen LogP contribution is -1.96. The van der Waals surface area contributed by atoms with Gasteiger partial charge in [0.15, 0.2) is 0 Å². The van der Waals surface area contributed by atoms with Crippen LogP contribution in [-0.4, -0.2) is 0 Å². The van der Waals surface area contributed by atoms with Gasteiger partial charge in [-0.3, -0.25) is 0 Å². The summed E-state index contributed by atoms with van der Waals surface area (Å²) in [4.78, 5) is 0. The van der Waals surface area contributed by atoms with Gasteiger partial charge in [-0.1, -0.05) is 75.2 Å². The Hall–Kier alpha value is -1.56. The first-order valence-electron chi connectivity index (χ1n) is 7.53. The van der Waals surface area contributed by atoms with Crippen LogP contribution < -0.4 is 0 Å². The number of unbranched alkanes of at least 4 members (excludes halogenated alkanes) is 1. The molecule has 2 aromatic carbocycles. The van der Waals surface area contributed by atoms with Gasteiger partial charge >= 0.3 is 0 Å². The van der Waals surface area contributed by atoms with E-state index in [0.29, 0.717) is 0 Å². The molecule has 0 aliphatic carbocycles. The molecule has 100 valence electrons. The van der Waals surface area contributed by atoms with E-state index in [-0.39, 0.29) is 0 Å². The fourth-order valence-electron chi connectivity index (χ4n) is 2.68. The minimum Gasteiger partial charge on any atom is -0.0654 e. The van der Waals surface area contributed by atoms with Crippen LogP contribution in [0.4, 0.5) is 0 Å². The third-order valence-corrected chi connectivity index (χ3v) is 3.62. The highest BCUT2D eigenvalue weighted by atomic mass is 14.1. The maximum Gasteiger partial charge on any atom is -0.0120 e. The third-order valence-electron chi connectivity index (χ3n) is 3.62. The van der Waals surface area contributed by atoms with E-state index in [9.17, 15) is 0 Å². The van der Waals surface area contributed by atoms with Gasteiger partial charge in [-0.2, -0.15) is 0 Å². The summed E-state index contributed by atoms with van der Waals surface area (Å²) in [5, 5.41) is 0. The number of hydrogen-bond acceptors (Lipinski definition) is 0. The topological polar surface area (TPSA) is 0 Å². The second-order valence-corrected chi connectivity index (χ2v) is 5.17. The molecular weight excluding hydrogens is 228 g/mol. The standard InChI is InChI=1S/C19H24/c1-3-5-11-17-15-9-14-16(10-4-2)19(17)18-12-7-6-8-13-18/h6-9,12-15H,3-5,10-11H2,1-2H3. The first kappa shape index (κ1) is 13.9. The highest BCUT2D eigenvalue weighted by Gasteiger charge is 2.09. The summed E-state index contributed by atoms with van der Waals surface area (Å²) in [6, 6.07) is 17.7. The zero-order valence-electron chi connectivity index (χ0n) is 12.2. The zero-order valence-corrected chi connectivity index (χ0v) is 12.2. The molecule has 19 heavy (non-hydrogen) atoms. The molecular formula is C19H24. The lowest BCUT2D eigenvalue weighted by molar-refractivity contribution is 0.794. The summed E-state index contributed by atoms with van der Waals surface area (Å²) in [5.74, 6) is 0. The highest BCUT2D eigenvalue weighted by molar-refractivity contribution is 5.71. The molecule has 0 radical (unpaired) electrons. The molecule has 0 aromatic heterocycles. The number of rotatable bonds is 6. The van der Waals surface area contributed by atoms with Gasteiger partial charge in [0, 0.05) is 0 Å². The second-order valence-electron chi connectivity index (χ2n) is 5.17. The van der Waals surface area contributed by atoms with E-state index in [4.69, 9.17) is 0 Å². The Morgan fingerprint density at radius 1 is 0.684 bits per heavy atom. The summed E-state index contributed by atoms with van der Waals surface area (Å²) in [7, 11) is 0. The molecule has 0 atom stereocenters. The Kier molecular flexibility index (Phi) is 5.20. The molecule has 0 heterocycles. The molecule has 0 saturated carbocycles. The molecule has 0 unspecified atom stereocenters. The maximum atomic E-state index is 2.30. The average molecular weight is 252 g/mol. The van der Waals surface area contributed by atoms with Gasteiger partial charge in [0.25, 0.3) is 0 Å². The van der Waals surface area contributed by atoms with Crippen LogP contribution in [0, 0.1) is 0 Å². The van der Waals surface area contributed by atoms with Crippen molar-refractivity contribution in [2.24, 2.45) is 0 Å². The largest absolute Gasteiger partial charge is 0.0654 e. The molecule has 0 nitrogen and oxygen atoms in total. The number of aryl methyl sites for hydroxylation is 2. The van der Waals surface area contributed by atoms with E-state index in [1.54, 1.807) is 0 Å². The molecule has 0 N–H and O–H groups in total. The van der Waals surface area contributed by atoms with E-state index in [1.807, 2.05) is 0 Å². The van der Waals surface area contributed by atoms with Crippen LogP contribution >= 0.6 is 0 Å². The first-order valence-corrected chi connectivity index (χ1v) is 7.53. The van der Waals surface area contributed by atoms with Crippen molar-refractivity contribution in [3.63, 3.8) is 0 Å². The van der Waals surface area contributed by atoms with Crippen molar-refractivity contribution in [2.45, 2.75) is 46.0 Å². The molecule has 0 aliphatic rings. The monoisotopic (exact) mass is 252 g/mol. The normalized spacial score (nSPS) is 10.6. The van der Waals surface area contributed by atoms with Crippen molar-refractivity contribution in [3.8, 4) is 11.1 Å². The average Bonchev–Trinajstić information content (AvgIpc) is 2.46. The maximum absolute atomic E-state index is 2.30. The van der Waals surface area contributed by atoms with Crippen LogP contribution in [0.1, 0.15) is 44.2 Å². The number of benzene rings is 2. The minimum atomic E-state index is 1.17. The van der Waals surface area contributed by atoms with Crippen molar-refractivity contribution in [1.82, 2.24) is 0 Å². The van der Waals surface area contributed by atoms with Gasteiger partial charge in [-0.05, 0) is 41.5 Å². The van der Waals surface area contributed by atoms with Crippen LogP contribution in [0.25, 0.3) is 11.1 Å². The Bertz CT molecular complexity index is 497. The summed E-state index contributed by atoms with van der Waals surface area (Å²) in [6.07, 6.45) is 6.10. The van der Waals surface area contributed by atoms with Crippen LogP contribution in [0.2, 0.25) is 0 Å². The molecule has 2 aromatic rings. The zero-order chi connectivity index (χ0) is 13.5. The smallest absolute Gasteiger partial charge is 0.0120 e. The Morgan fingerprint density at radius 2 is 1.37 bits per heavy atom. The predicted molar refractivity (Wildman–Crippen MR) is 84.5 cm³/mol. The Balaban J connectivity index is 2.46. The minimum absolute atomic E-state index is 1.17. The van der Waals surface area contributed by atoms with E-state index >= 15 is 0 Å².